The molecule has 0 aliphatic heterocycles. The molecule has 0 saturated carbocycles. The van der Waals surface area contributed by atoms with Gasteiger partial charge in [-0.1, -0.05) is 6.07 Å². The van der Waals surface area contributed by atoms with Crippen molar-refractivity contribution in [1.82, 2.24) is 15.1 Å². The van der Waals surface area contributed by atoms with Crippen LogP contribution in [0.15, 0.2) is 48.0 Å². The normalized spacial score (nSPS) is 10.6. The Labute approximate surface area is 144 Å². The van der Waals surface area contributed by atoms with E-state index >= 15 is 0 Å². The summed E-state index contributed by atoms with van der Waals surface area (Å²) in [5, 5.41) is 9.52. The fraction of sp³-hybridized carbons (Fsp3) is 0.222. The fourth-order valence-corrected chi connectivity index (χ4v) is 3.24. The monoisotopic (exact) mass is 341 g/mol. The van der Waals surface area contributed by atoms with Gasteiger partial charge in [-0.3, -0.25) is 9.48 Å². The molecule has 2 heterocycles. The van der Waals surface area contributed by atoms with E-state index in [1.165, 1.54) is 0 Å². The van der Waals surface area contributed by atoms with Crippen LogP contribution < -0.4 is 10.1 Å². The van der Waals surface area contributed by atoms with Gasteiger partial charge in [0.25, 0.3) is 5.91 Å². The number of methoxy groups -OCH3 is 1. The molecule has 3 aromatic rings. The quantitative estimate of drug-likeness (QED) is 0.749. The maximum atomic E-state index is 12.2. The Hall–Kier alpha value is -2.60. The fourth-order valence-electron chi connectivity index (χ4n) is 2.50. The number of benzene rings is 1. The zero-order valence-electron chi connectivity index (χ0n) is 13.7. The average Bonchev–Trinajstić information content (AvgIpc) is 3.24. The smallest absolute Gasteiger partial charge is 0.251 e. The van der Waals surface area contributed by atoms with E-state index in [2.05, 4.69) is 16.5 Å². The van der Waals surface area contributed by atoms with Crippen molar-refractivity contribution in [3.05, 3.63) is 59.1 Å². The van der Waals surface area contributed by atoms with Crippen LogP contribution in [-0.2, 0) is 13.5 Å². The molecule has 1 N–H and O–H groups in total. The first-order chi connectivity index (χ1) is 11.7. The first-order valence-electron chi connectivity index (χ1n) is 7.66. The van der Waals surface area contributed by atoms with E-state index in [9.17, 15) is 4.79 Å². The number of hydrogen-bond acceptors (Lipinski definition) is 4. The molecule has 0 saturated heterocycles. The van der Waals surface area contributed by atoms with Crippen molar-refractivity contribution in [2.75, 3.05) is 13.7 Å². The lowest BCUT2D eigenvalue weighted by atomic mass is 10.1. The van der Waals surface area contributed by atoms with E-state index in [0.717, 1.165) is 28.3 Å². The number of carbonyl (C=O) groups excluding carboxylic acids is 1. The van der Waals surface area contributed by atoms with E-state index in [0.29, 0.717) is 12.1 Å². The second-order valence-electron chi connectivity index (χ2n) is 5.39. The van der Waals surface area contributed by atoms with Crippen molar-refractivity contribution in [3.63, 3.8) is 0 Å². The van der Waals surface area contributed by atoms with Gasteiger partial charge in [0.2, 0.25) is 0 Å². The molecule has 6 heteroatoms. The summed E-state index contributed by atoms with van der Waals surface area (Å²) in [4.78, 5) is 13.3. The van der Waals surface area contributed by atoms with Gasteiger partial charge < -0.3 is 10.1 Å². The summed E-state index contributed by atoms with van der Waals surface area (Å²) in [5.41, 5.74) is 2.75. The first kappa shape index (κ1) is 16.3. The Morgan fingerprint density at radius 3 is 2.75 bits per heavy atom. The number of hydrogen-bond donors (Lipinski definition) is 1. The summed E-state index contributed by atoms with van der Waals surface area (Å²) in [6.45, 7) is 0.564. The molecule has 124 valence electrons. The number of ether oxygens (including phenoxy) is 1. The molecule has 1 aromatic carbocycles. The highest BCUT2D eigenvalue weighted by Crippen LogP contribution is 2.26. The van der Waals surface area contributed by atoms with Crippen molar-refractivity contribution in [1.29, 1.82) is 0 Å². The summed E-state index contributed by atoms with van der Waals surface area (Å²) < 4.78 is 6.91. The molecule has 0 atom stereocenters. The first-order valence-corrected chi connectivity index (χ1v) is 8.54. The van der Waals surface area contributed by atoms with Crippen LogP contribution in [-0.4, -0.2) is 29.3 Å². The van der Waals surface area contributed by atoms with Gasteiger partial charge >= 0.3 is 0 Å². The molecule has 0 aliphatic carbocycles. The molecule has 1 amide bonds. The van der Waals surface area contributed by atoms with E-state index in [1.54, 1.807) is 42.7 Å². The van der Waals surface area contributed by atoms with Crippen LogP contribution in [0.4, 0.5) is 0 Å². The molecule has 0 fully saturated rings. The van der Waals surface area contributed by atoms with Gasteiger partial charge in [0.05, 0.1) is 12.0 Å². The Balaban J connectivity index is 1.61. The lowest BCUT2D eigenvalue weighted by Crippen LogP contribution is -2.25. The summed E-state index contributed by atoms with van der Waals surface area (Å²) >= 11 is 1.67. The van der Waals surface area contributed by atoms with Crippen molar-refractivity contribution in [2.45, 2.75) is 6.42 Å². The second kappa shape index (κ2) is 7.31. The van der Waals surface area contributed by atoms with E-state index in [-0.39, 0.29) is 5.91 Å². The summed E-state index contributed by atoms with van der Waals surface area (Å²) in [6.07, 6.45) is 2.75. The zero-order chi connectivity index (χ0) is 16.9. The third-order valence-electron chi connectivity index (χ3n) is 3.69. The maximum absolute atomic E-state index is 12.2. The van der Waals surface area contributed by atoms with Crippen LogP contribution in [0.1, 0.15) is 15.9 Å². The van der Waals surface area contributed by atoms with Gasteiger partial charge in [-0.05, 0) is 42.1 Å². The molecule has 0 unspecified atom stereocenters. The van der Waals surface area contributed by atoms with Gasteiger partial charge in [0.1, 0.15) is 11.4 Å². The molecule has 0 spiro atoms. The molecule has 3 rings (SSSR count). The number of nitrogens with zero attached hydrogens (tertiary/aromatic N) is 2. The lowest BCUT2D eigenvalue weighted by molar-refractivity contribution is 0.0954. The van der Waals surface area contributed by atoms with Crippen LogP contribution in [0, 0.1) is 0 Å². The van der Waals surface area contributed by atoms with Crippen LogP contribution in [0.25, 0.3) is 10.6 Å². The van der Waals surface area contributed by atoms with Crippen molar-refractivity contribution >= 4 is 17.2 Å². The summed E-state index contributed by atoms with van der Waals surface area (Å²) in [6, 6.07) is 11.2. The van der Waals surface area contributed by atoms with Crippen molar-refractivity contribution in [2.24, 2.45) is 7.05 Å². The van der Waals surface area contributed by atoms with Crippen molar-refractivity contribution in [3.8, 4) is 16.3 Å². The Kier molecular flexibility index (Phi) is 4.96. The number of nitrogens with one attached hydrogen (secondary N) is 1. The zero-order valence-corrected chi connectivity index (χ0v) is 14.5. The molecule has 0 bridgehead atoms. The minimum atomic E-state index is -0.0841. The Morgan fingerprint density at radius 2 is 2.08 bits per heavy atom. The van der Waals surface area contributed by atoms with Crippen LogP contribution in [0.2, 0.25) is 0 Å². The molecule has 5 nitrogen and oxygen atoms in total. The highest BCUT2D eigenvalue weighted by Gasteiger charge is 2.12. The number of rotatable bonds is 6. The highest BCUT2D eigenvalue weighted by molar-refractivity contribution is 7.13. The molecule has 2 aromatic heterocycles. The van der Waals surface area contributed by atoms with Gasteiger partial charge in [-0.25, -0.2) is 0 Å². The Bertz CT molecular complexity index is 807. The Morgan fingerprint density at radius 1 is 1.29 bits per heavy atom. The van der Waals surface area contributed by atoms with Gasteiger partial charge in [0, 0.05) is 30.9 Å². The minimum absolute atomic E-state index is 0.0841. The summed E-state index contributed by atoms with van der Waals surface area (Å²) in [5.74, 6) is 0.654. The molecule has 0 aliphatic rings. The number of thiophene rings is 1. The number of aromatic nitrogens is 2. The third-order valence-corrected chi connectivity index (χ3v) is 4.57. The lowest BCUT2D eigenvalue weighted by Gasteiger charge is -2.06. The predicted molar refractivity (Wildman–Crippen MR) is 95.6 cm³/mol. The molecule has 0 radical (unpaired) electrons. The van der Waals surface area contributed by atoms with E-state index in [1.807, 2.05) is 29.4 Å². The number of aryl methyl sites for hydroxylation is 1. The minimum Gasteiger partial charge on any atom is -0.497 e. The molecular formula is C18H19N3O2S. The van der Waals surface area contributed by atoms with Crippen LogP contribution in [0.5, 0.6) is 5.75 Å². The maximum Gasteiger partial charge on any atom is 0.251 e. The largest absolute Gasteiger partial charge is 0.497 e. The van der Waals surface area contributed by atoms with Crippen molar-refractivity contribution < 1.29 is 9.53 Å². The highest BCUT2D eigenvalue weighted by atomic mass is 32.1. The van der Waals surface area contributed by atoms with Gasteiger partial charge in [-0.2, -0.15) is 5.10 Å². The number of amides is 1. The van der Waals surface area contributed by atoms with E-state index in [4.69, 9.17) is 4.74 Å². The number of carbonyl (C=O) groups is 1. The topological polar surface area (TPSA) is 56.1 Å². The van der Waals surface area contributed by atoms with Crippen LogP contribution >= 0.6 is 11.3 Å². The third kappa shape index (κ3) is 3.65. The van der Waals surface area contributed by atoms with E-state index < -0.39 is 0 Å². The van der Waals surface area contributed by atoms with Gasteiger partial charge in [0.15, 0.2) is 0 Å². The molecular weight excluding hydrogens is 322 g/mol. The average molecular weight is 341 g/mol. The van der Waals surface area contributed by atoms with Crippen LogP contribution in [0.3, 0.4) is 0 Å². The molecule has 24 heavy (non-hydrogen) atoms. The van der Waals surface area contributed by atoms with Gasteiger partial charge in [-0.15, -0.1) is 11.3 Å². The summed E-state index contributed by atoms with van der Waals surface area (Å²) in [7, 11) is 3.52. The SMILES string of the molecule is COc1ccc(C(=O)NCCc2cn(C)nc2-c2cccs2)cc1. The second-order valence-corrected chi connectivity index (χ2v) is 6.34. The predicted octanol–water partition coefficient (Wildman–Crippen LogP) is 3.13. The standard InChI is InChI=1S/C18H19N3O2S/c1-21-12-14(17(20-21)16-4-3-11-24-16)9-10-19-18(22)13-5-7-15(23-2)8-6-13/h3-8,11-12H,9-10H2,1-2H3,(H,19,22).